The van der Waals surface area contributed by atoms with Crippen LogP contribution in [-0.2, 0) is 11.3 Å². The summed E-state index contributed by atoms with van der Waals surface area (Å²) in [5, 5.41) is 5.67. The zero-order valence-electron chi connectivity index (χ0n) is 24.4. The van der Waals surface area contributed by atoms with E-state index in [1.165, 1.54) is 69.9 Å². The lowest BCUT2D eigenvalue weighted by atomic mass is 10.1. The number of halogens is 1. The number of nitrogens with one attached hydrogen (secondary N) is 1. The Morgan fingerprint density at radius 1 is 0.900 bits per heavy atom. The Morgan fingerprint density at radius 3 is 2.25 bits per heavy atom. The molecule has 1 heterocycles. The van der Waals surface area contributed by atoms with Crippen LogP contribution in [0, 0.1) is 0 Å². The lowest BCUT2D eigenvalue weighted by Crippen LogP contribution is -2.23. The second kappa shape index (κ2) is 18.9. The largest absolute Gasteiger partial charge is 0.488 e. The van der Waals surface area contributed by atoms with Gasteiger partial charge in [0.25, 0.3) is 5.91 Å². The average molecular weight is 587 g/mol. The number of allylic oxidation sites excluding steroid dienone is 1. The van der Waals surface area contributed by atoms with Crippen molar-refractivity contribution in [2.75, 3.05) is 24.4 Å². The first kappa shape index (κ1) is 32.2. The number of anilines is 1. The molecule has 0 radical (unpaired) electrons. The van der Waals surface area contributed by atoms with Crippen LogP contribution in [0.25, 0.3) is 0 Å². The van der Waals surface area contributed by atoms with Crippen molar-refractivity contribution in [2.45, 2.75) is 97.4 Å². The van der Waals surface area contributed by atoms with Crippen molar-refractivity contribution in [1.82, 2.24) is 4.90 Å². The van der Waals surface area contributed by atoms with Crippen molar-refractivity contribution >= 4 is 35.0 Å². The Labute approximate surface area is 251 Å². The number of rotatable bonds is 20. The van der Waals surface area contributed by atoms with E-state index < -0.39 is 0 Å². The molecule has 0 aliphatic carbocycles. The van der Waals surface area contributed by atoms with E-state index >= 15 is 0 Å². The number of benzene rings is 2. The molecule has 0 atom stereocenters. The first-order valence-electron chi connectivity index (χ1n) is 15.0. The van der Waals surface area contributed by atoms with E-state index in [9.17, 15) is 4.79 Å². The summed E-state index contributed by atoms with van der Waals surface area (Å²) < 4.78 is 11.9. The Morgan fingerprint density at radius 2 is 1.57 bits per heavy atom. The fourth-order valence-electron chi connectivity index (χ4n) is 4.77. The van der Waals surface area contributed by atoms with E-state index in [4.69, 9.17) is 21.1 Å². The number of amides is 1. The molecular weight excluding hydrogens is 540 g/mol. The maximum atomic E-state index is 12.8. The summed E-state index contributed by atoms with van der Waals surface area (Å²) in [6.45, 7) is 5.58. The van der Waals surface area contributed by atoms with Gasteiger partial charge in [-0.1, -0.05) is 113 Å². The average Bonchev–Trinajstić information content (AvgIpc) is 3.36. The quantitative estimate of drug-likeness (QED) is 0.156. The molecule has 1 aliphatic heterocycles. The van der Waals surface area contributed by atoms with Crippen molar-refractivity contribution in [2.24, 2.45) is 0 Å². The van der Waals surface area contributed by atoms with Gasteiger partial charge in [-0.05, 0) is 42.5 Å². The highest BCUT2D eigenvalue weighted by Crippen LogP contribution is 2.35. The zero-order valence-corrected chi connectivity index (χ0v) is 26.0. The first-order valence-corrected chi connectivity index (χ1v) is 16.5. The van der Waals surface area contributed by atoms with Gasteiger partial charge in [-0.15, -0.1) is 11.8 Å². The maximum Gasteiger partial charge on any atom is 0.262 e. The molecule has 40 heavy (non-hydrogen) atoms. The minimum absolute atomic E-state index is 0.123. The predicted molar refractivity (Wildman–Crippen MR) is 170 cm³/mol. The van der Waals surface area contributed by atoms with Crippen LogP contribution < -0.4 is 14.8 Å². The second-order valence-corrected chi connectivity index (χ2v) is 11.8. The molecule has 2 aromatic rings. The molecule has 0 spiro atoms. The van der Waals surface area contributed by atoms with Gasteiger partial charge in [0.05, 0.1) is 17.5 Å². The Bertz CT molecular complexity index is 1060. The molecule has 0 bridgehead atoms. The Balaban J connectivity index is 1.36. The molecule has 1 amide bonds. The predicted octanol–water partition coefficient (Wildman–Crippen LogP) is 9.80. The number of carbonyl (C=O) groups is 1. The van der Waals surface area contributed by atoms with E-state index in [1.54, 1.807) is 23.9 Å². The molecule has 2 aromatic carbocycles. The van der Waals surface area contributed by atoms with E-state index in [1.807, 2.05) is 30.3 Å². The van der Waals surface area contributed by atoms with Crippen molar-refractivity contribution in [3.63, 3.8) is 0 Å². The third-order valence-electron chi connectivity index (χ3n) is 7.17. The number of para-hydroxylation sites is 2. The molecular formula is C33H47ClN2O3S. The van der Waals surface area contributed by atoms with Crippen LogP contribution in [0.2, 0.25) is 5.02 Å². The highest BCUT2D eigenvalue weighted by atomic mass is 35.5. The normalized spacial score (nSPS) is 12.9. The number of hydrogen-bond donors (Lipinski definition) is 1. The Kier molecular flexibility index (Phi) is 15.2. The third kappa shape index (κ3) is 11.7. The van der Waals surface area contributed by atoms with Crippen molar-refractivity contribution in [3.8, 4) is 11.5 Å². The number of carbonyl (C=O) groups excluding carboxylic acids is 1. The van der Waals surface area contributed by atoms with Crippen molar-refractivity contribution in [3.05, 3.63) is 64.2 Å². The van der Waals surface area contributed by atoms with Gasteiger partial charge >= 0.3 is 0 Å². The zero-order chi connectivity index (χ0) is 28.4. The standard InChI is InChI=1S/C33H47ClN2O3S/c1-3-4-5-6-7-8-9-10-11-12-13-16-22-38-33-29(34)19-17-21-31(33)39-24-32(37)35-30-20-15-14-18-28(30)23-36-26-40-25-27(36)2/h14-15,17-21,25H,3-13,16,22-24,26H2,1-2H3,(H,35,37). The van der Waals surface area contributed by atoms with E-state index in [-0.39, 0.29) is 12.5 Å². The van der Waals surface area contributed by atoms with Crippen LogP contribution in [0.15, 0.2) is 53.6 Å². The monoisotopic (exact) mass is 586 g/mol. The summed E-state index contributed by atoms with van der Waals surface area (Å²) in [5.74, 6) is 1.70. The third-order valence-corrected chi connectivity index (χ3v) is 8.44. The summed E-state index contributed by atoms with van der Waals surface area (Å²) in [6.07, 6.45) is 15.6. The summed E-state index contributed by atoms with van der Waals surface area (Å²) in [5.41, 5.74) is 3.11. The first-order chi connectivity index (χ1) is 19.6. The minimum atomic E-state index is -0.220. The fraction of sp³-hybridized carbons (Fsp3) is 0.545. The molecule has 0 fully saturated rings. The van der Waals surface area contributed by atoms with E-state index in [0.717, 1.165) is 36.5 Å². The van der Waals surface area contributed by atoms with Gasteiger partial charge in [0, 0.05) is 17.9 Å². The maximum absolute atomic E-state index is 12.8. The number of hydrogen-bond acceptors (Lipinski definition) is 5. The van der Waals surface area contributed by atoms with Gasteiger partial charge in [-0.25, -0.2) is 0 Å². The van der Waals surface area contributed by atoms with Gasteiger partial charge < -0.3 is 19.7 Å². The van der Waals surface area contributed by atoms with Crippen molar-refractivity contribution < 1.29 is 14.3 Å². The second-order valence-electron chi connectivity index (χ2n) is 10.6. The van der Waals surface area contributed by atoms with E-state index in [2.05, 4.69) is 29.5 Å². The highest BCUT2D eigenvalue weighted by Gasteiger charge is 2.16. The number of nitrogens with zero attached hydrogens (tertiary/aromatic N) is 1. The van der Waals surface area contributed by atoms with Gasteiger partial charge in [-0.3, -0.25) is 4.79 Å². The summed E-state index contributed by atoms with van der Waals surface area (Å²) in [4.78, 5) is 15.1. The van der Waals surface area contributed by atoms with Crippen LogP contribution in [0.3, 0.4) is 0 Å². The molecule has 5 nitrogen and oxygen atoms in total. The fourth-order valence-corrected chi connectivity index (χ4v) is 5.93. The van der Waals surface area contributed by atoms with Gasteiger partial charge in [0.15, 0.2) is 18.1 Å². The topological polar surface area (TPSA) is 50.8 Å². The molecule has 1 N–H and O–H groups in total. The lowest BCUT2D eigenvalue weighted by Gasteiger charge is -2.21. The molecule has 3 rings (SSSR count). The van der Waals surface area contributed by atoms with Crippen LogP contribution in [0.5, 0.6) is 11.5 Å². The lowest BCUT2D eigenvalue weighted by molar-refractivity contribution is -0.118. The molecule has 0 aromatic heterocycles. The van der Waals surface area contributed by atoms with Crippen LogP contribution in [0.1, 0.15) is 96.5 Å². The minimum Gasteiger partial charge on any atom is -0.488 e. The smallest absolute Gasteiger partial charge is 0.262 e. The summed E-state index contributed by atoms with van der Waals surface area (Å²) >= 11 is 8.21. The molecule has 220 valence electrons. The number of thioether (sulfide) groups is 1. The number of unbranched alkanes of at least 4 members (excludes halogenated alkanes) is 11. The van der Waals surface area contributed by atoms with Crippen LogP contribution in [0.4, 0.5) is 5.69 Å². The molecule has 7 heteroatoms. The van der Waals surface area contributed by atoms with Gasteiger partial charge in [0.1, 0.15) is 0 Å². The molecule has 0 saturated carbocycles. The van der Waals surface area contributed by atoms with Gasteiger partial charge in [-0.2, -0.15) is 0 Å². The van der Waals surface area contributed by atoms with Crippen molar-refractivity contribution in [1.29, 1.82) is 0 Å². The summed E-state index contributed by atoms with van der Waals surface area (Å²) in [6, 6.07) is 13.3. The summed E-state index contributed by atoms with van der Waals surface area (Å²) in [7, 11) is 0. The van der Waals surface area contributed by atoms with Crippen LogP contribution in [-0.4, -0.2) is 29.9 Å². The van der Waals surface area contributed by atoms with E-state index in [0.29, 0.717) is 23.1 Å². The van der Waals surface area contributed by atoms with Gasteiger partial charge in [0.2, 0.25) is 0 Å². The Hall–Kier alpha value is -2.31. The molecule has 1 aliphatic rings. The molecule has 0 unspecified atom stereocenters. The SMILES string of the molecule is CCCCCCCCCCCCCCOc1c(Cl)cccc1OCC(=O)Nc1ccccc1CN1CSC=C1C. The molecule has 0 saturated heterocycles. The highest BCUT2D eigenvalue weighted by molar-refractivity contribution is 8.02. The van der Waals surface area contributed by atoms with Crippen LogP contribution >= 0.6 is 23.4 Å². The number of ether oxygens (including phenoxy) is 2.